The molecule has 0 N–H and O–H groups in total. The molecule has 0 saturated heterocycles. The fraction of sp³-hybridized carbons (Fsp3) is 0.120. The molecule has 0 atom stereocenters. The lowest BCUT2D eigenvalue weighted by Crippen LogP contribution is -2.01. The normalized spacial score (nSPS) is 14.0. The van der Waals surface area contributed by atoms with Crippen molar-refractivity contribution in [1.29, 1.82) is 0 Å². The van der Waals surface area contributed by atoms with Gasteiger partial charge in [-0.25, -0.2) is 8.78 Å². The molecule has 1 aliphatic rings. The maximum absolute atomic E-state index is 13.9. The van der Waals surface area contributed by atoms with E-state index in [1.807, 2.05) is 35.0 Å². The highest BCUT2D eigenvalue weighted by Gasteiger charge is 2.22. The van der Waals surface area contributed by atoms with Gasteiger partial charge in [0.25, 0.3) is 0 Å². The van der Waals surface area contributed by atoms with Crippen molar-refractivity contribution in [2.75, 3.05) is 0 Å². The molecule has 0 spiro atoms. The summed E-state index contributed by atoms with van der Waals surface area (Å²) in [5, 5.41) is 0.973. The Morgan fingerprint density at radius 3 is 2.66 bits per heavy atom. The van der Waals surface area contributed by atoms with Gasteiger partial charge in [-0.1, -0.05) is 49.6 Å². The number of rotatable bonds is 4. The van der Waals surface area contributed by atoms with Crippen LogP contribution < -0.4 is 4.74 Å². The predicted molar refractivity (Wildman–Crippen MR) is 115 cm³/mol. The van der Waals surface area contributed by atoms with Crippen molar-refractivity contribution in [3.8, 4) is 16.9 Å². The Hall–Kier alpha value is -3.40. The SMILES string of the molecule is C=C/C(=C\C(F)=C(/C)F)C(=C)c1cn2c3c(cccc13)-c1c(C)cccc1OC2. The largest absolute Gasteiger partial charge is 0.472 e. The van der Waals surface area contributed by atoms with E-state index in [0.29, 0.717) is 17.9 Å². The first-order valence-corrected chi connectivity index (χ1v) is 9.32. The molecule has 0 bridgehead atoms. The highest BCUT2D eigenvalue weighted by atomic mass is 19.2. The van der Waals surface area contributed by atoms with E-state index in [1.54, 1.807) is 0 Å². The smallest absolute Gasteiger partial charge is 0.165 e. The Labute approximate surface area is 168 Å². The third-order valence-corrected chi connectivity index (χ3v) is 5.27. The van der Waals surface area contributed by atoms with Crippen molar-refractivity contribution in [3.63, 3.8) is 0 Å². The average Bonchev–Trinajstić information content (AvgIpc) is 2.99. The van der Waals surface area contributed by atoms with Crippen LogP contribution in [-0.4, -0.2) is 4.57 Å². The highest BCUT2D eigenvalue weighted by Crippen LogP contribution is 2.43. The molecular weight excluding hydrogens is 368 g/mol. The third-order valence-electron chi connectivity index (χ3n) is 5.27. The summed E-state index contributed by atoms with van der Waals surface area (Å²) in [6.45, 7) is 11.4. The first kappa shape index (κ1) is 18.9. The first-order chi connectivity index (χ1) is 13.9. The third kappa shape index (κ3) is 3.11. The second-order valence-electron chi connectivity index (χ2n) is 7.10. The molecule has 0 fully saturated rings. The Balaban J connectivity index is 1.94. The second-order valence-corrected chi connectivity index (χ2v) is 7.10. The molecule has 4 rings (SSSR count). The van der Waals surface area contributed by atoms with Crippen LogP contribution in [0.25, 0.3) is 27.6 Å². The van der Waals surface area contributed by atoms with Crippen LogP contribution in [-0.2, 0) is 6.73 Å². The van der Waals surface area contributed by atoms with Crippen LogP contribution >= 0.6 is 0 Å². The lowest BCUT2D eigenvalue weighted by Gasteiger charge is -2.11. The van der Waals surface area contributed by atoms with Crippen molar-refractivity contribution in [3.05, 3.63) is 96.3 Å². The number of nitrogens with zero attached hydrogens (tertiary/aromatic N) is 1. The number of ether oxygens (including phenoxy) is 1. The first-order valence-electron chi connectivity index (χ1n) is 9.32. The van der Waals surface area contributed by atoms with Crippen LogP contribution in [0.15, 0.2) is 85.1 Å². The summed E-state index contributed by atoms with van der Waals surface area (Å²) in [5.74, 6) is -0.963. The number of halogens is 2. The summed E-state index contributed by atoms with van der Waals surface area (Å²) in [6, 6.07) is 12.1. The zero-order chi connectivity index (χ0) is 20.7. The van der Waals surface area contributed by atoms with Gasteiger partial charge in [-0.15, -0.1) is 0 Å². The van der Waals surface area contributed by atoms with Crippen molar-refractivity contribution in [2.24, 2.45) is 0 Å². The number of aromatic nitrogens is 1. The summed E-state index contributed by atoms with van der Waals surface area (Å²) in [5.41, 5.74) is 6.12. The van der Waals surface area contributed by atoms with Gasteiger partial charge in [0.1, 0.15) is 11.6 Å². The summed E-state index contributed by atoms with van der Waals surface area (Å²) >= 11 is 0. The van der Waals surface area contributed by atoms with Gasteiger partial charge >= 0.3 is 0 Å². The van der Waals surface area contributed by atoms with Gasteiger partial charge in [0.2, 0.25) is 0 Å². The Bertz CT molecular complexity index is 1220. The van der Waals surface area contributed by atoms with Crippen LogP contribution in [0.5, 0.6) is 5.75 Å². The fourth-order valence-corrected chi connectivity index (χ4v) is 3.81. The second kappa shape index (κ2) is 7.21. The van der Waals surface area contributed by atoms with E-state index in [9.17, 15) is 8.78 Å². The molecule has 0 unspecified atom stereocenters. The predicted octanol–water partition coefficient (Wildman–Crippen LogP) is 7.26. The summed E-state index contributed by atoms with van der Waals surface area (Å²) in [4.78, 5) is 0. The maximum atomic E-state index is 13.9. The van der Waals surface area contributed by atoms with Crippen LogP contribution in [0.2, 0.25) is 0 Å². The van der Waals surface area contributed by atoms with E-state index in [4.69, 9.17) is 4.74 Å². The number of hydrogen-bond acceptors (Lipinski definition) is 1. The Morgan fingerprint density at radius 1 is 1.17 bits per heavy atom. The summed E-state index contributed by atoms with van der Waals surface area (Å²) < 4.78 is 35.2. The van der Waals surface area contributed by atoms with Gasteiger partial charge < -0.3 is 9.30 Å². The molecule has 146 valence electrons. The molecule has 0 saturated carbocycles. The molecule has 2 aromatic carbocycles. The van der Waals surface area contributed by atoms with Gasteiger partial charge in [-0.05, 0) is 42.7 Å². The quantitative estimate of drug-likeness (QED) is 0.428. The minimum atomic E-state index is -0.931. The van der Waals surface area contributed by atoms with Crippen LogP contribution in [0, 0.1) is 6.92 Å². The zero-order valence-electron chi connectivity index (χ0n) is 16.4. The van der Waals surface area contributed by atoms with E-state index in [1.165, 1.54) is 6.08 Å². The van der Waals surface area contributed by atoms with E-state index in [-0.39, 0.29) is 0 Å². The standard InChI is InChI=1S/C25H21F2NO/c1-5-18(12-22(27)17(4)26)16(3)21-13-28-14-29-23-11-6-8-15(2)24(23)20-10-7-9-19(21)25(20)28/h5-13H,1,3,14H2,2,4H3/b18-12+,22-17-. The molecule has 1 aromatic heterocycles. The molecule has 29 heavy (non-hydrogen) atoms. The summed E-state index contributed by atoms with van der Waals surface area (Å²) in [7, 11) is 0. The molecule has 2 nitrogen and oxygen atoms in total. The number of hydrogen-bond donors (Lipinski definition) is 0. The molecule has 0 aliphatic carbocycles. The van der Waals surface area contributed by atoms with Crippen molar-refractivity contribution in [2.45, 2.75) is 20.6 Å². The molecule has 4 heteroatoms. The van der Waals surface area contributed by atoms with Gasteiger partial charge in [0, 0.05) is 28.3 Å². The molecule has 3 aromatic rings. The van der Waals surface area contributed by atoms with Crippen molar-refractivity contribution in [1.82, 2.24) is 4.57 Å². The lowest BCUT2D eigenvalue weighted by atomic mass is 9.94. The van der Waals surface area contributed by atoms with Crippen LogP contribution in [0.3, 0.4) is 0 Å². The van der Waals surface area contributed by atoms with Gasteiger partial charge in [0.05, 0.1) is 5.52 Å². The molecule has 0 amide bonds. The average molecular weight is 389 g/mol. The number of fused-ring (bicyclic) bond motifs is 2. The number of para-hydroxylation sites is 1. The van der Waals surface area contributed by atoms with Gasteiger partial charge in [0.15, 0.2) is 12.6 Å². The summed E-state index contributed by atoms with van der Waals surface area (Å²) in [6.07, 6.45) is 4.55. The molecule has 1 aliphatic heterocycles. The Morgan fingerprint density at radius 2 is 1.93 bits per heavy atom. The van der Waals surface area contributed by atoms with Crippen molar-refractivity contribution >= 4 is 16.5 Å². The molecule has 2 heterocycles. The van der Waals surface area contributed by atoms with E-state index >= 15 is 0 Å². The topological polar surface area (TPSA) is 14.2 Å². The van der Waals surface area contributed by atoms with E-state index in [0.717, 1.165) is 51.9 Å². The minimum Gasteiger partial charge on any atom is -0.472 e. The monoisotopic (exact) mass is 389 g/mol. The maximum Gasteiger partial charge on any atom is 0.165 e. The number of benzene rings is 2. The van der Waals surface area contributed by atoms with Gasteiger partial charge in [-0.2, -0.15) is 0 Å². The fourth-order valence-electron chi connectivity index (χ4n) is 3.81. The number of aryl methyl sites for hydroxylation is 1. The van der Waals surface area contributed by atoms with E-state index in [2.05, 4.69) is 32.2 Å². The van der Waals surface area contributed by atoms with Crippen molar-refractivity contribution < 1.29 is 13.5 Å². The van der Waals surface area contributed by atoms with Crippen LogP contribution in [0.4, 0.5) is 8.78 Å². The van der Waals surface area contributed by atoms with E-state index < -0.39 is 11.7 Å². The minimum absolute atomic E-state index is 0.349. The Kier molecular flexibility index (Phi) is 4.71. The number of allylic oxidation sites excluding steroid dienone is 6. The molecular formula is C25H21F2NO. The molecule has 0 radical (unpaired) electrons. The highest BCUT2D eigenvalue weighted by molar-refractivity contribution is 6.04. The van der Waals surface area contributed by atoms with Gasteiger partial charge in [-0.3, -0.25) is 0 Å². The lowest BCUT2D eigenvalue weighted by molar-refractivity contribution is 0.245. The van der Waals surface area contributed by atoms with Crippen LogP contribution in [0.1, 0.15) is 18.1 Å². The zero-order valence-corrected chi connectivity index (χ0v) is 16.4.